The normalized spacial score (nSPS) is 23.6. The summed E-state index contributed by atoms with van der Waals surface area (Å²) in [5, 5.41) is 6.28. The first-order valence-electron chi connectivity index (χ1n) is 6.19. The summed E-state index contributed by atoms with van der Waals surface area (Å²) in [6.07, 6.45) is 6.28. The van der Waals surface area contributed by atoms with Crippen molar-refractivity contribution in [3.63, 3.8) is 0 Å². The molecule has 1 fully saturated rings. The topological polar surface area (TPSA) is 54.0 Å². The molecule has 2 rings (SSSR count). The lowest BCUT2D eigenvalue weighted by Crippen LogP contribution is -2.38. The van der Waals surface area contributed by atoms with E-state index < -0.39 is 0 Å². The fraction of sp³-hybridized carbons (Fsp3) is 0.538. The number of nitrogens with one attached hydrogen (secondary N) is 2. The number of nitrogens with zero attached hydrogens (tertiary/aromatic N) is 1. The van der Waals surface area contributed by atoms with Gasteiger partial charge in [-0.1, -0.05) is 13.3 Å². The zero-order chi connectivity index (χ0) is 12.1. The SMILES string of the molecule is CCCC1(C(=O)Nc2ccncc2)CCNC1. The number of pyridine rings is 1. The predicted octanol–water partition coefficient (Wildman–Crippen LogP) is 1.80. The van der Waals surface area contributed by atoms with Crippen LogP contribution < -0.4 is 10.6 Å². The number of anilines is 1. The van der Waals surface area contributed by atoms with Crippen molar-refractivity contribution in [3.05, 3.63) is 24.5 Å². The standard InChI is InChI=1S/C13H19N3O/c1-2-5-13(6-9-15-10-13)12(17)16-11-3-7-14-8-4-11/h3-4,7-8,15H,2,5-6,9-10H2,1H3,(H,14,16,17). The van der Waals surface area contributed by atoms with Crippen LogP contribution in [0.5, 0.6) is 0 Å². The molecule has 4 heteroatoms. The molecule has 1 aromatic heterocycles. The Balaban J connectivity index is 2.07. The first kappa shape index (κ1) is 12.0. The molecule has 0 saturated carbocycles. The van der Waals surface area contributed by atoms with Gasteiger partial charge in [-0.15, -0.1) is 0 Å². The lowest BCUT2D eigenvalue weighted by molar-refractivity contribution is -0.125. The minimum absolute atomic E-state index is 0.135. The Morgan fingerprint density at radius 2 is 2.29 bits per heavy atom. The van der Waals surface area contributed by atoms with E-state index in [0.717, 1.165) is 38.0 Å². The van der Waals surface area contributed by atoms with Crippen LogP contribution in [0, 0.1) is 5.41 Å². The van der Waals surface area contributed by atoms with Crippen molar-refractivity contribution in [3.8, 4) is 0 Å². The largest absolute Gasteiger partial charge is 0.325 e. The van der Waals surface area contributed by atoms with Crippen LogP contribution in [0.2, 0.25) is 0 Å². The monoisotopic (exact) mass is 233 g/mol. The molecule has 1 aliphatic heterocycles. The van der Waals surface area contributed by atoms with Gasteiger partial charge in [0.15, 0.2) is 0 Å². The van der Waals surface area contributed by atoms with Crippen LogP contribution in [0.15, 0.2) is 24.5 Å². The summed E-state index contributed by atoms with van der Waals surface area (Å²) < 4.78 is 0. The van der Waals surface area contributed by atoms with Gasteiger partial charge in [0.1, 0.15) is 0 Å². The van der Waals surface area contributed by atoms with Crippen molar-refractivity contribution in [2.45, 2.75) is 26.2 Å². The fourth-order valence-electron chi connectivity index (χ4n) is 2.44. The van der Waals surface area contributed by atoms with Gasteiger partial charge in [0.05, 0.1) is 5.41 Å². The minimum Gasteiger partial charge on any atom is -0.325 e. The molecule has 1 atom stereocenters. The molecular weight excluding hydrogens is 214 g/mol. The van der Waals surface area contributed by atoms with Crippen molar-refractivity contribution in [2.24, 2.45) is 5.41 Å². The Morgan fingerprint density at radius 1 is 1.53 bits per heavy atom. The second-order valence-corrected chi connectivity index (χ2v) is 4.65. The summed E-state index contributed by atoms with van der Waals surface area (Å²) in [6.45, 7) is 3.85. The van der Waals surface area contributed by atoms with Crippen molar-refractivity contribution in [1.82, 2.24) is 10.3 Å². The van der Waals surface area contributed by atoms with Crippen LogP contribution in [0.25, 0.3) is 0 Å². The van der Waals surface area contributed by atoms with Gasteiger partial charge in [0.25, 0.3) is 0 Å². The molecule has 1 aromatic rings. The third-order valence-corrected chi connectivity index (χ3v) is 3.39. The van der Waals surface area contributed by atoms with Gasteiger partial charge < -0.3 is 10.6 Å². The maximum absolute atomic E-state index is 12.4. The van der Waals surface area contributed by atoms with E-state index in [-0.39, 0.29) is 11.3 Å². The van der Waals surface area contributed by atoms with E-state index >= 15 is 0 Å². The molecule has 1 saturated heterocycles. The van der Waals surface area contributed by atoms with Crippen LogP contribution in [-0.4, -0.2) is 24.0 Å². The van der Waals surface area contributed by atoms with Gasteiger partial charge in [-0.3, -0.25) is 9.78 Å². The van der Waals surface area contributed by atoms with Crippen LogP contribution in [0.1, 0.15) is 26.2 Å². The smallest absolute Gasteiger partial charge is 0.231 e. The molecule has 0 aliphatic carbocycles. The molecule has 1 amide bonds. The van der Waals surface area contributed by atoms with Crippen molar-refractivity contribution < 1.29 is 4.79 Å². The van der Waals surface area contributed by atoms with Gasteiger partial charge in [-0.05, 0) is 31.5 Å². The zero-order valence-electron chi connectivity index (χ0n) is 10.2. The second-order valence-electron chi connectivity index (χ2n) is 4.65. The summed E-state index contributed by atoms with van der Waals surface area (Å²) in [6, 6.07) is 3.64. The molecule has 0 bridgehead atoms. The average Bonchev–Trinajstić information content (AvgIpc) is 2.81. The van der Waals surface area contributed by atoms with Crippen LogP contribution in [-0.2, 0) is 4.79 Å². The zero-order valence-corrected chi connectivity index (χ0v) is 10.2. The highest BCUT2D eigenvalue weighted by molar-refractivity contribution is 5.95. The van der Waals surface area contributed by atoms with E-state index in [0.29, 0.717) is 0 Å². The molecule has 0 aromatic carbocycles. The lowest BCUT2D eigenvalue weighted by Gasteiger charge is -2.26. The number of rotatable bonds is 4. The minimum atomic E-state index is -0.224. The predicted molar refractivity (Wildman–Crippen MR) is 67.7 cm³/mol. The summed E-state index contributed by atoms with van der Waals surface area (Å²) in [4.78, 5) is 16.3. The number of hydrogen-bond donors (Lipinski definition) is 2. The summed E-state index contributed by atoms with van der Waals surface area (Å²) in [7, 11) is 0. The van der Waals surface area contributed by atoms with E-state index in [9.17, 15) is 4.79 Å². The van der Waals surface area contributed by atoms with E-state index in [1.807, 2.05) is 12.1 Å². The highest BCUT2D eigenvalue weighted by Crippen LogP contribution is 2.32. The average molecular weight is 233 g/mol. The molecule has 0 spiro atoms. The maximum atomic E-state index is 12.4. The Morgan fingerprint density at radius 3 is 2.88 bits per heavy atom. The summed E-state index contributed by atoms with van der Waals surface area (Å²) in [5.41, 5.74) is 0.602. The Kier molecular flexibility index (Phi) is 3.74. The Hall–Kier alpha value is -1.42. The van der Waals surface area contributed by atoms with E-state index in [1.54, 1.807) is 12.4 Å². The molecule has 2 N–H and O–H groups in total. The van der Waals surface area contributed by atoms with E-state index in [2.05, 4.69) is 22.5 Å². The second kappa shape index (κ2) is 5.27. The van der Waals surface area contributed by atoms with Crippen molar-refractivity contribution in [2.75, 3.05) is 18.4 Å². The van der Waals surface area contributed by atoms with Gasteiger partial charge >= 0.3 is 0 Å². The number of carbonyl (C=O) groups excluding carboxylic acids is 1. The van der Waals surface area contributed by atoms with Gasteiger partial charge in [0.2, 0.25) is 5.91 Å². The first-order valence-corrected chi connectivity index (χ1v) is 6.19. The number of hydrogen-bond acceptors (Lipinski definition) is 3. The number of carbonyl (C=O) groups is 1. The summed E-state index contributed by atoms with van der Waals surface area (Å²) in [5.74, 6) is 0.135. The quantitative estimate of drug-likeness (QED) is 0.833. The number of amides is 1. The summed E-state index contributed by atoms with van der Waals surface area (Å²) >= 11 is 0. The van der Waals surface area contributed by atoms with Gasteiger partial charge in [0, 0.05) is 24.6 Å². The number of aromatic nitrogens is 1. The van der Waals surface area contributed by atoms with E-state index in [4.69, 9.17) is 0 Å². The highest BCUT2D eigenvalue weighted by Gasteiger charge is 2.40. The molecule has 17 heavy (non-hydrogen) atoms. The van der Waals surface area contributed by atoms with Gasteiger partial charge in [-0.25, -0.2) is 0 Å². The van der Waals surface area contributed by atoms with Crippen LogP contribution in [0.4, 0.5) is 5.69 Å². The first-order chi connectivity index (χ1) is 8.27. The maximum Gasteiger partial charge on any atom is 0.231 e. The van der Waals surface area contributed by atoms with Crippen LogP contribution in [0.3, 0.4) is 0 Å². The van der Waals surface area contributed by atoms with Crippen molar-refractivity contribution in [1.29, 1.82) is 0 Å². The highest BCUT2D eigenvalue weighted by atomic mass is 16.2. The molecule has 4 nitrogen and oxygen atoms in total. The Bertz CT molecular complexity index is 372. The molecule has 92 valence electrons. The third kappa shape index (κ3) is 2.64. The molecule has 2 heterocycles. The molecule has 1 unspecified atom stereocenters. The van der Waals surface area contributed by atoms with E-state index in [1.165, 1.54) is 0 Å². The molecule has 1 aliphatic rings. The van der Waals surface area contributed by atoms with Crippen LogP contribution >= 0.6 is 0 Å². The molecular formula is C13H19N3O. The van der Waals surface area contributed by atoms with Gasteiger partial charge in [-0.2, -0.15) is 0 Å². The third-order valence-electron chi connectivity index (χ3n) is 3.39. The van der Waals surface area contributed by atoms with Crippen molar-refractivity contribution >= 4 is 11.6 Å². The Labute approximate surface area is 102 Å². The lowest BCUT2D eigenvalue weighted by atomic mass is 9.81. The molecule has 0 radical (unpaired) electrons. The fourth-order valence-corrected chi connectivity index (χ4v) is 2.44.